The first-order valence-corrected chi connectivity index (χ1v) is 6.20. The third-order valence-electron chi connectivity index (χ3n) is 3.25. The first kappa shape index (κ1) is 11.0. The van der Waals surface area contributed by atoms with E-state index < -0.39 is 0 Å². The number of nitrogens with two attached hydrogens (primary N) is 1. The molecule has 0 spiro atoms. The Morgan fingerprint density at radius 2 is 1.83 bits per heavy atom. The number of hydrogen-bond acceptors (Lipinski definition) is 5. The predicted molar refractivity (Wildman–Crippen MR) is 69.6 cm³/mol. The minimum absolute atomic E-state index is 0.623. The van der Waals surface area contributed by atoms with Gasteiger partial charge in [-0.1, -0.05) is 0 Å². The lowest BCUT2D eigenvalue weighted by Crippen LogP contribution is -2.31. The fourth-order valence-corrected chi connectivity index (χ4v) is 2.33. The molecule has 0 amide bonds. The van der Waals surface area contributed by atoms with E-state index in [4.69, 9.17) is 5.73 Å². The van der Waals surface area contributed by atoms with Crippen LogP contribution in [0, 0.1) is 0 Å². The maximum absolute atomic E-state index is 6.19. The second kappa shape index (κ2) is 4.64. The molecular weight excluding hydrogens is 228 g/mol. The zero-order chi connectivity index (χ0) is 12.4. The molecule has 2 aromatic heterocycles. The van der Waals surface area contributed by atoms with E-state index in [1.54, 1.807) is 18.9 Å². The van der Waals surface area contributed by atoms with Crippen LogP contribution in [0.1, 0.15) is 19.3 Å². The van der Waals surface area contributed by atoms with Crippen LogP contribution in [0.15, 0.2) is 25.0 Å². The molecule has 6 nitrogen and oxygen atoms in total. The van der Waals surface area contributed by atoms with Crippen LogP contribution in [0.2, 0.25) is 0 Å². The molecule has 18 heavy (non-hydrogen) atoms. The number of anilines is 2. The number of rotatable bonds is 2. The van der Waals surface area contributed by atoms with Crippen LogP contribution in [0.5, 0.6) is 0 Å². The van der Waals surface area contributed by atoms with Crippen molar-refractivity contribution in [3.8, 4) is 5.82 Å². The van der Waals surface area contributed by atoms with Crippen molar-refractivity contribution in [3.63, 3.8) is 0 Å². The number of aromatic nitrogens is 4. The molecule has 1 aliphatic rings. The molecular formula is C12H16N6. The summed E-state index contributed by atoms with van der Waals surface area (Å²) in [5.74, 6) is 1.54. The van der Waals surface area contributed by atoms with Crippen molar-refractivity contribution in [1.29, 1.82) is 0 Å². The molecule has 0 saturated carbocycles. The van der Waals surface area contributed by atoms with Crippen LogP contribution in [0.25, 0.3) is 5.82 Å². The number of piperidine rings is 1. The third-order valence-corrected chi connectivity index (χ3v) is 3.25. The van der Waals surface area contributed by atoms with E-state index in [0.717, 1.165) is 18.9 Å². The summed E-state index contributed by atoms with van der Waals surface area (Å²) in [4.78, 5) is 14.8. The van der Waals surface area contributed by atoms with E-state index in [-0.39, 0.29) is 0 Å². The second-order valence-electron chi connectivity index (χ2n) is 4.45. The minimum Gasteiger partial charge on any atom is -0.393 e. The molecule has 3 rings (SSSR count). The lowest BCUT2D eigenvalue weighted by atomic mass is 10.1. The van der Waals surface area contributed by atoms with E-state index in [0.29, 0.717) is 11.5 Å². The van der Waals surface area contributed by atoms with Crippen LogP contribution in [-0.2, 0) is 0 Å². The van der Waals surface area contributed by atoms with E-state index in [1.165, 1.54) is 19.3 Å². The van der Waals surface area contributed by atoms with E-state index in [2.05, 4.69) is 19.9 Å². The zero-order valence-corrected chi connectivity index (χ0v) is 10.2. The van der Waals surface area contributed by atoms with Gasteiger partial charge in [-0.15, -0.1) is 0 Å². The average Bonchev–Trinajstić information content (AvgIpc) is 2.94. The van der Waals surface area contributed by atoms with Gasteiger partial charge in [-0.25, -0.2) is 15.0 Å². The van der Waals surface area contributed by atoms with Crippen molar-refractivity contribution in [2.24, 2.45) is 0 Å². The molecule has 3 heterocycles. The zero-order valence-electron chi connectivity index (χ0n) is 10.2. The van der Waals surface area contributed by atoms with Crippen LogP contribution >= 0.6 is 0 Å². The van der Waals surface area contributed by atoms with E-state index in [1.807, 2.05) is 10.8 Å². The molecule has 6 heteroatoms. The molecule has 0 radical (unpaired) electrons. The van der Waals surface area contributed by atoms with Gasteiger partial charge >= 0.3 is 0 Å². The lowest BCUT2D eigenvalue weighted by Gasteiger charge is -2.28. The molecule has 94 valence electrons. The van der Waals surface area contributed by atoms with Gasteiger partial charge in [-0.3, -0.25) is 4.57 Å². The van der Waals surface area contributed by atoms with Crippen molar-refractivity contribution < 1.29 is 0 Å². The fraction of sp³-hybridized carbons (Fsp3) is 0.417. The fourth-order valence-electron chi connectivity index (χ4n) is 2.33. The van der Waals surface area contributed by atoms with Crippen LogP contribution in [-0.4, -0.2) is 32.6 Å². The number of imidazole rings is 1. The summed E-state index contributed by atoms with van der Waals surface area (Å²) in [7, 11) is 0. The summed E-state index contributed by atoms with van der Waals surface area (Å²) < 4.78 is 1.81. The van der Waals surface area contributed by atoms with E-state index >= 15 is 0 Å². The topological polar surface area (TPSA) is 72.9 Å². The van der Waals surface area contributed by atoms with Gasteiger partial charge in [0.05, 0.1) is 0 Å². The van der Waals surface area contributed by atoms with Gasteiger partial charge in [-0.2, -0.15) is 0 Å². The van der Waals surface area contributed by atoms with Gasteiger partial charge in [0.2, 0.25) is 0 Å². The highest BCUT2D eigenvalue weighted by Crippen LogP contribution is 2.27. The van der Waals surface area contributed by atoms with Gasteiger partial charge in [-0.05, 0) is 19.3 Å². The smallest absolute Gasteiger partial charge is 0.166 e. The SMILES string of the molecule is Nc1c(N2CCCCC2)ncnc1-n1ccnc1. The second-order valence-corrected chi connectivity index (χ2v) is 4.45. The maximum Gasteiger partial charge on any atom is 0.166 e. The molecule has 1 aliphatic heterocycles. The van der Waals surface area contributed by atoms with Gasteiger partial charge in [0.25, 0.3) is 0 Å². The van der Waals surface area contributed by atoms with Gasteiger partial charge in [0.15, 0.2) is 11.6 Å². The monoisotopic (exact) mass is 244 g/mol. The first-order chi connectivity index (χ1) is 8.86. The summed E-state index contributed by atoms with van der Waals surface area (Å²) in [6.45, 7) is 2.04. The molecule has 0 unspecified atom stereocenters. The molecule has 2 N–H and O–H groups in total. The molecule has 1 fully saturated rings. The molecule has 0 atom stereocenters. The molecule has 2 aromatic rings. The standard InChI is InChI=1S/C12H16N6/c13-10-11(17-5-2-1-3-6-17)15-8-16-12(10)18-7-4-14-9-18/h4,7-9H,1-3,5-6,13H2. The Hall–Kier alpha value is -2.11. The Bertz CT molecular complexity index is 515. The number of hydrogen-bond donors (Lipinski definition) is 1. The minimum atomic E-state index is 0.623. The maximum atomic E-state index is 6.19. The first-order valence-electron chi connectivity index (χ1n) is 6.20. The summed E-state index contributed by atoms with van der Waals surface area (Å²) in [6.07, 6.45) is 10.5. The highest BCUT2D eigenvalue weighted by molar-refractivity contribution is 5.70. The Labute approximate surface area is 105 Å². The number of nitrogen functional groups attached to an aromatic ring is 1. The van der Waals surface area contributed by atoms with Crippen molar-refractivity contribution in [2.45, 2.75) is 19.3 Å². The van der Waals surface area contributed by atoms with E-state index in [9.17, 15) is 0 Å². The van der Waals surface area contributed by atoms with Gasteiger partial charge in [0.1, 0.15) is 18.3 Å². The summed E-state index contributed by atoms with van der Waals surface area (Å²) in [5, 5.41) is 0. The molecule has 1 saturated heterocycles. The summed E-state index contributed by atoms with van der Waals surface area (Å²) in [5.41, 5.74) is 6.81. The van der Waals surface area contributed by atoms with Gasteiger partial charge < -0.3 is 10.6 Å². The molecule has 0 aromatic carbocycles. The highest BCUT2D eigenvalue weighted by Gasteiger charge is 2.17. The Morgan fingerprint density at radius 3 is 2.56 bits per heavy atom. The highest BCUT2D eigenvalue weighted by atomic mass is 15.2. The Kier molecular flexibility index (Phi) is 2.84. The Morgan fingerprint density at radius 1 is 1.06 bits per heavy atom. The van der Waals surface area contributed by atoms with Crippen LogP contribution < -0.4 is 10.6 Å². The summed E-state index contributed by atoms with van der Waals surface area (Å²) >= 11 is 0. The van der Waals surface area contributed by atoms with Crippen LogP contribution in [0.4, 0.5) is 11.5 Å². The van der Waals surface area contributed by atoms with Crippen LogP contribution in [0.3, 0.4) is 0 Å². The number of nitrogens with zero attached hydrogens (tertiary/aromatic N) is 5. The summed E-state index contributed by atoms with van der Waals surface area (Å²) in [6, 6.07) is 0. The molecule has 0 aliphatic carbocycles. The van der Waals surface area contributed by atoms with Crippen molar-refractivity contribution in [1.82, 2.24) is 19.5 Å². The predicted octanol–water partition coefficient (Wildman–Crippen LogP) is 1.23. The normalized spacial score (nSPS) is 15.9. The van der Waals surface area contributed by atoms with Crippen molar-refractivity contribution in [3.05, 3.63) is 25.0 Å². The largest absolute Gasteiger partial charge is 0.393 e. The third kappa shape index (κ3) is 1.90. The average molecular weight is 244 g/mol. The lowest BCUT2D eigenvalue weighted by molar-refractivity contribution is 0.573. The van der Waals surface area contributed by atoms with Crippen molar-refractivity contribution in [2.75, 3.05) is 23.7 Å². The quantitative estimate of drug-likeness (QED) is 0.860. The van der Waals surface area contributed by atoms with Gasteiger partial charge in [0, 0.05) is 25.5 Å². The van der Waals surface area contributed by atoms with Crippen molar-refractivity contribution >= 4 is 11.5 Å². The Balaban J connectivity index is 1.98. The molecule has 0 bridgehead atoms.